The highest BCUT2D eigenvalue weighted by Gasteiger charge is 2.21. The van der Waals surface area contributed by atoms with Crippen LogP contribution in [0.5, 0.6) is 0 Å². The smallest absolute Gasteiger partial charge is 0.339 e. The Labute approximate surface area is 190 Å². The molecular formula is C21H21Cl4NO3. The lowest BCUT2D eigenvalue weighted by Gasteiger charge is -2.28. The van der Waals surface area contributed by atoms with Gasteiger partial charge in [-0.3, -0.25) is 4.90 Å². The molecule has 0 amide bonds. The molecule has 2 aromatic rings. The van der Waals surface area contributed by atoms with E-state index >= 15 is 0 Å². The summed E-state index contributed by atoms with van der Waals surface area (Å²) in [5.41, 5.74) is 1.18. The third-order valence-electron chi connectivity index (χ3n) is 4.87. The number of morpholine rings is 1. The molecule has 1 aliphatic heterocycles. The molecule has 0 aliphatic carbocycles. The van der Waals surface area contributed by atoms with E-state index in [2.05, 4.69) is 4.90 Å². The number of hydrogen-bond donors (Lipinski definition) is 0. The first-order valence-corrected chi connectivity index (χ1v) is 10.8. The lowest BCUT2D eigenvalue weighted by atomic mass is 9.96. The molecule has 0 spiro atoms. The van der Waals surface area contributed by atoms with Crippen molar-refractivity contribution in [2.45, 2.75) is 12.3 Å². The summed E-state index contributed by atoms with van der Waals surface area (Å²) >= 11 is 24.5. The Morgan fingerprint density at radius 2 is 1.66 bits per heavy atom. The number of rotatable bonds is 7. The van der Waals surface area contributed by atoms with Gasteiger partial charge in [0, 0.05) is 34.1 Å². The molecule has 0 aromatic heterocycles. The maximum absolute atomic E-state index is 12.5. The molecule has 1 atom stereocenters. The average Bonchev–Trinajstić information content (AvgIpc) is 2.69. The summed E-state index contributed by atoms with van der Waals surface area (Å²) in [6.45, 7) is 4.28. The van der Waals surface area contributed by atoms with Gasteiger partial charge in [0.1, 0.15) is 0 Å². The second-order valence-corrected chi connectivity index (χ2v) is 8.52. The van der Waals surface area contributed by atoms with Crippen molar-refractivity contribution in [1.82, 2.24) is 4.90 Å². The second-order valence-electron chi connectivity index (χ2n) is 6.83. The highest BCUT2D eigenvalue weighted by molar-refractivity contribution is 6.36. The zero-order valence-electron chi connectivity index (χ0n) is 15.7. The van der Waals surface area contributed by atoms with Crippen molar-refractivity contribution in [3.63, 3.8) is 0 Å². The fourth-order valence-electron chi connectivity index (χ4n) is 3.23. The van der Waals surface area contributed by atoms with Gasteiger partial charge in [0.25, 0.3) is 0 Å². The predicted molar refractivity (Wildman–Crippen MR) is 118 cm³/mol. The maximum Gasteiger partial charge on any atom is 0.339 e. The first-order valence-electron chi connectivity index (χ1n) is 9.31. The second kappa shape index (κ2) is 10.9. The van der Waals surface area contributed by atoms with Gasteiger partial charge in [-0.1, -0.05) is 52.5 Å². The van der Waals surface area contributed by atoms with Gasteiger partial charge in [-0.15, -0.1) is 0 Å². The molecule has 1 aliphatic rings. The van der Waals surface area contributed by atoms with Crippen LogP contribution in [0.3, 0.4) is 0 Å². The Morgan fingerprint density at radius 3 is 2.31 bits per heavy atom. The van der Waals surface area contributed by atoms with Gasteiger partial charge in [-0.2, -0.15) is 0 Å². The van der Waals surface area contributed by atoms with E-state index in [1.165, 1.54) is 6.07 Å². The fraction of sp³-hybridized carbons (Fsp3) is 0.381. The van der Waals surface area contributed by atoms with Crippen molar-refractivity contribution in [1.29, 1.82) is 0 Å². The van der Waals surface area contributed by atoms with Crippen molar-refractivity contribution >= 4 is 52.4 Å². The standard InChI is InChI=1S/C21H21Cl4NO3/c22-15-1-3-17(19(24)11-15)14(5-6-26-7-9-28-10-8-26)13-29-21(27)18-4-2-16(23)12-20(18)25/h1-4,11-12,14H,5-10,13H2. The molecule has 4 nitrogen and oxygen atoms in total. The number of ether oxygens (including phenoxy) is 2. The number of halogens is 4. The molecule has 0 radical (unpaired) electrons. The number of carbonyl (C=O) groups excluding carboxylic acids is 1. The lowest BCUT2D eigenvalue weighted by molar-refractivity contribution is 0.0330. The molecule has 1 saturated heterocycles. The molecule has 0 N–H and O–H groups in total. The lowest BCUT2D eigenvalue weighted by Crippen LogP contribution is -2.37. The molecule has 2 aromatic carbocycles. The Balaban J connectivity index is 1.70. The minimum Gasteiger partial charge on any atom is -0.461 e. The molecular weight excluding hydrogens is 456 g/mol. The first kappa shape index (κ1) is 22.7. The molecule has 156 valence electrons. The Kier molecular flexibility index (Phi) is 8.48. The van der Waals surface area contributed by atoms with Crippen LogP contribution in [0.1, 0.15) is 28.3 Å². The van der Waals surface area contributed by atoms with E-state index in [9.17, 15) is 4.79 Å². The van der Waals surface area contributed by atoms with Gasteiger partial charge in [0.15, 0.2) is 0 Å². The fourth-order valence-corrected chi connectivity index (χ4v) is 4.28. The quantitative estimate of drug-likeness (QED) is 0.462. The SMILES string of the molecule is O=C(OCC(CCN1CCOCC1)c1ccc(Cl)cc1Cl)c1ccc(Cl)cc1Cl. The van der Waals surface area contributed by atoms with E-state index in [1.54, 1.807) is 24.3 Å². The average molecular weight is 477 g/mol. The number of esters is 1. The van der Waals surface area contributed by atoms with Crippen molar-refractivity contribution in [2.75, 3.05) is 39.5 Å². The van der Waals surface area contributed by atoms with Crippen molar-refractivity contribution < 1.29 is 14.3 Å². The molecule has 1 fully saturated rings. The first-order chi connectivity index (χ1) is 13.9. The van der Waals surface area contributed by atoms with E-state index in [4.69, 9.17) is 55.9 Å². The van der Waals surface area contributed by atoms with Crippen molar-refractivity contribution in [3.8, 4) is 0 Å². The van der Waals surface area contributed by atoms with Crippen LogP contribution < -0.4 is 0 Å². The van der Waals surface area contributed by atoms with Crippen molar-refractivity contribution in [3.05, 3.63) is 67.6 Å². The van der Waals surface area contributed by atoms with E-state index in [-0.39, 0.29) is 23.1 Å². The summed E-state index contributed by atoms with van der Waals surface area (Å²) in [6, 6.07) is 10.1. The highest BCUT2D eigenvalue weighted by atomic mass is 35.5. The summed E-state index contributed by atoms with van der Waals surface area (Å²) < 4.78 is 11.0. The third kappa shape index (κ3) is 6.48. The van der Waals surface area contributed by atoms with Crippen LogP contribution in [0, 0.1) is 0 Å². The zero-order valence-corrected chi connectivity index (χ0v) is 18.7. The molecule has 29 heavy (non-hydrogen) atoms. The molecule has 1 unspecified atom stereocenters. The zero-order chi connectivity index (χ0) is 20.8. The number of carbonyl (C=O) groups is 1. The summed E-state index contributed by atoms with van der Waals surface area (Å²) in [6.07, 6.45) is 0.781. The van der Waals surface area contributed by atoms with Crippen LogP contribution in [-0.2, 0) is 9.47 Å². The normalized spacial score (nSPS) is 15.9. The van der Waals surface area contributed by atoms with Gasteiger partial charge in [0.05, 0.1) is 30.4 Å². The summed E-state index contributed by atoms with van der Waals surface area (Å²) in [5.74, 6) is -0.564. The van der Waals surface area contributed by atoms with E-state index in [0.717, 1.165) is 44.8 Å². The van der Waals surface area contributed by atoms with E-state index < -0.39 is 5.97 Å². The van der Waals surface area contributed by atoms with Crippen LogP contribution in [0.25, 0.3) is 0 Å². The van der Waals surface area contributed by atoms with Gasteiger partial charge in [0.2, 0.25) is 0 Å². The van der Waals surface area contributed by atoms with Crippen LogP contribution >= 0.6 is 46.4 Å². The minimum atomic E-state index is -0.492. The van der Waals surface area contributed by atoms with Gasteiger partial charge < -0.3 is 9.47 Å². The summed E-state index contributed by atoms with van der Waals surface area (Å²) in [5, 5.41) is 1.85. The Bertz CT molecular complexity index is 856. The third-order valence-corrected chi connectivity index (χ3v) is 5.98. The largest absolute Gasteiger partial charge is 0.461 e. The molecule has 3 rings (SSSR count). The van der Waals surface area contributed by atoms with Crippen LogP contribution in [0.2, 0.25) is 20.1 Å². The monoisotopic (exact) mass is 475 g/mol. The summed E-state index contributed by atoms with van der Waals surface area (Å²) in [7, 11) is 0. The predicted octanol–water partition coefficient (Wildman–Crippen LogP) is 5.96. The molecule has 1 heterocycles. The number of nitrogens with zero attached hydrogens (tertiary/aromatic N) is 1. The van der Waals surface area contributed by atoms with Crippen LogP contribution in [-0.4, -0.2) is 50.3 Å². The Hall–Kier alpha value is -1.01. The van der Waals surface area contributed by atoms with Gasteiger partial charge >= 0.3 is 5.97 Å². The summed E-state index contributed by atoms with van der Waals surface area (Å²) in [4.78, 5) is 14.9. The highest BCUT2D eigenvalue weighted by Crippen LogP contribution is 2.31. The van der Waals surface area contributed by atoms with Crippen LogP contribution in [0.4, 0.5) is 0 Å². The van der Waals surface area contributed by atoms with Crippen molar-refractivity contribution in [2.24, 2.45) is 0 Å². The number of benzene rings is 2. The topological polar surface area (TPSA) is 38.8 Å². The van der Waals surface area contributed by atoms with Gasteiger partial charge in [-0.25, -0.2) is 4.79 Å². The van der Waals surface area contributed by atoms with E-state index in [0.29, 0.717) is 15.1 Å². The van der Waals surface area contributed by atoms with Crippen LogP contribution in [0.15, 0.2) is 36.4 Å². The van der Waals surface area contributed by atoms with E-state index in [1.807, 2.05) is 6.07 Å². The molecule has 0 saturated carbocycles. The maximum atomic E-state index is 12.5. The van der Waals surface area contributed by atoms with Gasteiger partial charge in [-0.05, 0) is 48.9 Å². The Morgan fingerprint density at radius 1 is 1.00 bits per heavy atom. The minimum absolute atomic E-state index is 0.0716. The molecule has 0 bridgehead atoms. The number of hydrogen-bond acceptors (Lipinski definition) is 4. The molecule has 8 heteroatoms.